The van der Waals surface area contributed by atoms with E-state index >= 15 is 0 Å². The Bertz CT molecular complexity index is 708. The molecule has 2 aromatic carbocycles. The largest absolute Gasteiger partial charge is 0.276 e. The van der Waals surface area contributed by atoms with Crippen LogP contribution in [0.2, 0.25) is 0 Å². The second-order valence-electron chi connectivity index (χ2n) is 4.89. The first-order chi connectivity index (χ1) is 9.99. The van der Waals surface area contributed by atoms with E-state index < -0.39 is 10.0 Å². The summed E-state index contributed by atoms with van der Waals surface area (Å²) >= 11 is 0. The number of hydrogen-bond acceptors (Lipinski definition) is 3. The van der Waals surface area contributed by atoms with Gasteiger partial charge < -0.3 is 0 Å². The number of nitrogens with one attached hydrogen (secondary N) is 1. The van der Waals surface area contributed by atoms with Crippen molar-refractivity contribution in [3.63, 3.8) is 0 Å². The zero-order valence-electron chi connectivity index (χ0n) is 12.0. The zero-order chi connectivity index (χ0) is 15.3. The van der Waals surface area contributed by atoms with Crippen LogP contribution in [0.5, 0.6) is 0 Å². The van der Waals surface area contributed by atoms with Crippen molar-refractivity contribution in [3.8, 4) is 0 Å². The van der Waals surface area contributed by atoms with Gasteiger partial charge in [-0.15, -0.1) is 0 Å². The molecule has 0 aliphatic heterocycles. The van der Waals surface area contributed by atoms with Gasteiger partial charge in [0, 0.05) is 12.1 Å². The first-order valence-corrected chi connectivity index (χ1v) is 8.14. The quantitative estimate of drug-likeness (QED) is 0.681. The fraction of sp³-hybridized carbons (Fsp3) is 0.188. The zero-order valence-corrected chi connectivity index (χ0v) is 12.8. The number of sulfonamides is 1. The summed E-state index contributed by atoms with van der Waals surface area (Å²) in [5, 5.41) is 3.86. The number of nitrogens with zero attached hydrogens (tertiary/aromatic N) is 1. The van der Waals surface area contributed by atoms with Crippen LogP contribution in [-0.4, -0.2) is 14.6 Å². The van der Waals surface area contributed by atoms with Crippen molar-refractivity contribution < 1.29 is 8.42 Å². The molecule has 0 saturated carbocycles. The van der Waals surface area contributed by atoms with Gasteiger partial charge in [-0.05, 0) is 24.6 Å². The summed E-state index contributed by atoms with van der Waals surface area (Å²) in [6.45, 7) is 3.86. The van der Waals surface area contributed by atoms with Gasteiger partial charge in [-0.2, -0.15) is 13.5 Å². The van der Waals surface area contributed by atoms with E-state index in [2.05, 4.69) is 9.93 Å². The maximum atomic E-state index is 12.0. The Hall–Kier alpha value is -2.14. The summed E-state index contributed by atoms with van der Waals surface area (Å²) in [6.07, 6.45) is 1.58. The Morgan fingerprint density at radius 3 is 2.29 bits per heavy atom. The third-order valence-electron chi connectivity index (χ3n) is 3.13. The standard InChI is InChI=1S/C16H18N2O2S/c1-13-8-10-16(11-9-13)21(19,20)18-17-12-14(2)15-6-4-3-5-7-15/h3-12,14,18H,1-2H3/b17-12-/t14-/m1/s1. The molecule has 21 heavy (non-hydrogen) atoms. The molecule has 0 heterocycles. The van der Waals surface area contributed by atoms with E-state index in [0.717, 1.165) is 11.1 Å². The van der Waals surface area contributed by atoms with Crippen molar-refractivity contribution in [2.24, 2.45) is 5.10 Å². The van der Waals surface area contributed by atoms with E-state index in [4.69, 9.17) is 0 Å². The van der Waals surface area contributed by atoms with Gasteiger partial charge in [0.15, 0.2) is 0 Å². The predicted molar refractivity (Wildman–Crippen MR) is 84.8 cm³/mol. The van der Waals surface area contributed by atoms with Crippen LogP contribution in [0.3, 0.4) is 0 Å². The molecule has 0 aromatic heterocycles. The van der Waals surface area contributed by atoms with Crippen LogP contribution in [0.4, 0.5) is 0 Å². The van der Waals surface area contributed by atoms with Crippen LogP contribution in [0, 0.1) is 6.92 Å². The number of aryl methyl sites for hydroxylation is 1. The van der Waals surface area contributed by atoms with Crippen LogP contribution < -0.4 is 4.83 Å². The topological polar surface area (TPSA) is 58.5 Å². The van der Waals surface area contributed by atoms with Crippen LogP contribution in [0.25, 0.3) is 0 Å². The fourth-order valence-corrected chi connectivity index (χ4v) is 2.62. The third-order valence-corrected chi connectivity index (χ3v) is 4.37. The summed E-state index contributed by atoms with van der Waals surface area (Å²) in [4.78, 5) is 2.44. The Balaban J connectivity index is 2.05. The number of benzene rings is 2. The van der Waals surface area contributed by atoms with Crippen molar-refractivity contribution in [1.29, 1.82) is 0 Å². The fourth-order valence-electron chi connectivity index (χ4n) is 1.82. The lowest BCUT2D eigenvalue weighted by molar-refractivity contribution is 0.584. The third kappa shape index (κ3) is 4.16. The molecule has 0 aliphatic rings. The van der Waals surface area contributed by atoms with E-state index in [1.807, 2.05) is 44.2 Å². The Labute approximate surface area is 125 Å². The lowest BCUT2D eigenvalue weighted by atomic mass is 10.0. The second kappa shape index (κ2) is 6.54. The Morgan fingerprint density at radius 1 is 1.05 bits per heavy atom. The van der Waals surface area contributed by atoms with Crippen LogP contribution in [-0.2, 0) is 10.0 Å². The second-order valence-corrected chi connectivity index (χ2v) is 6.55. The summed E-state index contributed by atoms with van der Waals surface area (Å²) in [5.41, 5.74) is 2.09. The van der Waals surface area contributed by atoms with Gasteiger partial charge in [-0.25, -0.2) is 4.83 Å². The molecule has 2 aromatic rings. The van der Waals surface area contributed by atoms with Crippen molar-refractivity contribution >= 4 is 16.2 Å². The van der Waals surface area contributed by atoms with Gasteiger partial charge in [-0.1, -0.05) is 55.0 Å². The summed E-state index contributed by atoms with van der Waals surface area (Å²) in [5.74, 6) is 0.0342. The van der Waals surface area contributed by atoms with Gasteiger partial charge in [0.2, 0.25) is 0 Å². The molecule has 0 bridgehead atoms. The highest BCUT2D eigenvalue weighted by Crippen LogP contribution is 2.12. The maximum Gasteiger partial charge on any atom is 0.276 e. The first-order valence-electron chi connectivity index (χ1n) is 6.65. The predicted octanol–water partition coefficient (Wildman–Crippen LogP) is 3.06. The molecule has 0 amide bonds. The molecule has 1 atom stereocenters. The highest BCUT2D eigenvalue weighted by Gasteiger charge is 2.12. The highest BCUT2D eigenvalue weighted by molar-refractivity contribution is 7.89. The molecular formula is C16H18N2O2S. The number of hydrogen-bond donors (Lipinski definition) is 1. The molecule has 2 rings (SSSR count). The lowest BCUT2D eigenvalue weighted by Crippen LogP contribution is -2.18. The molecule has 0 saturated heterocycles. The smallest absolute Gasteiger partial charge is 0.200 e. The Morgan fingerprint density at radius 2 is 1.67 bits per heavy atom. The average molecular weight is 302 g/mol. The first kappa shape index (κ1) is 15.3. The monoisotopic (exact) mass is 302 g/mol. The SMILES string of the molecule is Cc1ccc(S(=O)(=O)N/N=C\[C@@H](C)c2ccccc2)cc1. The Kier molecular flexibility index (Phi) is 4.75. The molecule has 5 heteroatoms. The van der Waals surface area contributed by atoms with E-state index in [1.165, 1.54) is 0 Å². The molecule has 0 aliphatic carbocycles. The summed E-state index contributed by atoms with van der Waals surface area (Å²) in [7, 11) is -3.60. The van der Waals surface area contributed by atoms with Crippen molar-refractivity contribution in [2.45, 2.75) is 24.7 Å². The molecule has 1 N–H and O–H groups in total. The van der Waals surface area contributed by atoms with Gasteiger partial charge in [0.05, 0.1) is 4.90 Å². The van der Waals surface area contributed by atoms with E-state index in [1.54, 1.807) is 30.5 Å². The van der Waals surface area contributed by atoms with Gasteiger partial charge >= 0.3 is 0 Å². The molecule has 0 fully saturated rings. The molecule has 0 radical (unpaired) electrons. The van der Waals surface area contributed by atoms with Crippen LogP contribution in [0.15, 0.2) is 64.6 Å². The normalized spacial score (nSPS) is 13.2. The van der Waals surface area contributed by atoms with Gasteiger partial charge in [0.25, 0.3) is 10.0 Å². The van der Waals surface area contributed by atoms with Crippen molar-refractivity contribution in [3.05, 3.63) is 65.7 Å². The lowest BCUT2D eigenvalue weighted by Gasteiger charge is -2.06. The molecule has 0 unspecified atom stereocenters. The summed E-state index contributed by atoms with van der Waals surface area (Å²) in [6, 6.07) is 16.4. The minimum Gasteiger partial charge on any atom is -0.200 e. The maximum absolute atomic E-state index is 12.0. The minimum absolute atomic E-state index is 0.0342. The van der Waals surface area contributed by atoms with E-state index in [-0.39, 0.29) is 10.8 Å². The molecular weight excluding hydrogens is 284 g/mol. The molecule has 4 nitrogen and oxygen atoms in total. The van der Waals surface area contributed by atoms with Crippen molar-refractivity contribution in [2.75, 3.05) is 0 Å². The van der Waals surface area contributed by atoms with Crippen LogP contribution >= 0.6 is 0 Å². The van der Waals surface area contributed by atoms with Crippen LogP contribution in [0.1, 0.15) is 24.0 Å². The van der Waals surface area contributed by atoms with Crippen molar-refractivity contribution in [1.82, 2.24) is 4.83 Å². The van der Waals surface area contributed by atoms with Gasteiger partial charge in [0.1, 0.15) is 0 Å². The number of hydrazone groups is 1. The highest BCUT2D eigenvalue weighted by atomic mass is 32.2. The number of rotatable bonds is 5. The average Bonchev–Trinajstić information content (AvgIpc) is 2.48. The van der Waals surface area contributed by atoms with Gasteiger partial charge in [-0.3, -0.25) is 0 Å². The summed E-state index contributed by atoms with van der Waals surface area (Å²) < 4.78 is 24.1. The van der Waals surface area contributed by atoms with E-state index in [9.17, 15) is 8.42 Å². The van der Waals surface area contributed by atoms with E-state index in [0.29, 0.717) is 0 Å². The minimum atomic E-state index is -3.60. The molecule has 0 spiro atoms. The molecule has 110 valence electrons.